The number of hydrogen-bond acceptors (Lipinski definition) is 4. The Balaban J connectivity index is 1.94. The van der Waals surface area contributed by atoms with Gasteiger partial charge in [-0.05, 0) is 25.1 Å². The van der Waals surface area contributed by atoms with E-state index in [1.54, 1.807) is 18.5 Å². The van der Waals surface area contributed by atoms with Crippen LogP contribution in [0.2, 0.25) is 0 Å². The second-order valence-corrected chi connectivity index (χ2v) is 4.25. The quantitative estimate of drug-likeness (QED) is 0.936. The number of rotatable bonds is 4. The molecule has 106 valence electrons. The van der Waals surface area contributed by atoms with Crippen molar-refractivity contribution in [2.24, 2.45) is 0 Å². The van der Waals surface area contributed by atoms with Crippen molar-refractivity contribution in [1.29, 1.82) is 0 Å². The first-order chi connectivity index (χ1) is 9.47. The van der Waals surface area contributed by atoms with Crippen LogP contribution in [0, 0.1) is 0 Å². The molecule has 20 heavy (non-hydrogen) atoms. The van der Waals surface area contributed by atoms with Gasteiger partial charge in [-0.15, -0.1) is 0 Å². The second-order valence-electron chi connectivity index (χ2n) is 4.25. The molecule has 0 radical (unpaired) electrons. The van der Waals surface area contributed by atoms with Gasteiger partial charge in [-0.1, -0.05) is 0 Å². The van der Waals surface area contributed by atoms with Crippen LogP contribution in [0.25, 0.3) is 0 Å². The summed E-state index contributed by atoms with van der Waals surface area (Å²) in [6.45, 7) is 2.22. The largest absolute Gasteiger partial charge is 0.417 e. The van der Waals surface area contributed by atoms with Crippen LogP contribution in [-0.2, 0) is 12.7 Å². The van der Waals surface area contributed by atoms with Crippen LogP contribution in [-0.4, -0.2) is 15.0 Å². The Morgan fingerprint density at radius 3 is 2.40 bits per heavy atom. The smallest absolute Gasteiger partial charge is 0.302 e. The highest BCUT2D eigenvalue weighted by atomic mass is 19.4. The van der Waals surface area contributed by atoms with Crippen molar-refractivity contribution in [1.82, 2.24) is 20.3 Å². The predicted molar refractivity (Wildman–Crippen MR) is 66.5 cm³/mol. The standard InChI is InChI=1S/C13H13F3N4/c1-9(12-17-5-2-6-18-12)19-8-11-4-3-10(7-20-11)13(14,15)16/h2-7,9,19H,8H2,1H3/t9-/m1/s1. The summed E-state index contributed by atoms with van der Waals surface area (Å²) in [6, 6.07) is 3.98. The van der Waals surface area contributed by atoms with Crippen LogP contribution in [0.4, 0.5) is 13.2 Å². The monoisotopic (exact) mass is 282 g/mol. The first kappa shape index (κ1) is 14.4. The van der Waals surface area contributed by atoms with Gasteiger partial charge in [0.1, 0.15) is 5.82 Å². The molecule has 2 rings (SSSR count). The molecule has 1 atom stereocenters. The van der Waals surface area contributed by atoms with E-state index < -0.39 is 11.7 Å². The normalized spacial score (nSPS) is 13.2. The van der Waals surface area contributed by atoms with Crippen LogP contribution >= 0.6 is 0 Å². The lowest BCUT2D eigenvalue weighted by Gasteiger charge is -2.12. The van der Waals surface area contributed by atoms with Crippen LogP contribution in [0.5, 0.6) is 0 Å². The molecule has 0 saturated carbocycles. The molecule has 0 aliphatic carbocycles. The summed E-state index contributed by atoms with van der Waals surface area (Å²) in [7, 11) is 0. The van der Waals surface area contributed by atoms with Gasteiger partial charge in [0, 0.05) is 25.1 Å². The van der Waals surface area contributed by atoms with Gasteiger partial charge < -0.3 is 5.32 Å². The number of halogens is 3. The molecule has 2 aromatic rings. The third-order valence-electron chi connectivity index (χ3n) is 2.71. The number of hydrogen-bond donors (Lipinski definition) is 1. The summed E-state index contributed by atoms with van der Waals surface area (Å²) in [5.74, 6) is 0.624. The fraction of sp³-hybridized carbons (Fsp3) is 0.308. The highest BCUT2D eigenvalue weighted by molar-refractivity contribution is 5.17. The van der Waals surface area contributed by atoms with E-state index in [1.807, 2.05) is 6.92 Å². The van der Waals surface area contributed by atoms with Crippen molar-refractivity contribution < 1.29 is 13.2 Å². The van der Waals surface area contributed by atoms with Crippen LogP contribution in [0.1, 0.15) is 30.0 Å². The molecular weight excluding hydrogens is 269 g/mol. The lowest BCUT2D eigenvalue weighted by atomic mass is 10.2. The van der Waals surface area contributed by atoms with E-state index in [1.165, 1.54) is 6.07 Å². The molecule has 0 aromatic carbocycles. The molecule has 0 amide bonds. The Hall–Kier alpha value is -2.02. The molecule has 0 spiro atoms. The highest BCUT2D eigenvalue weighted by Gasteiger charge is 2.30. The molecule has 2 heterocycles. The SMILES string of the molecule is C[C@@H](NCc1ccc(C(F)(F)F)cn1)c1ncccn1. The molecule has 0 fully saturated rings. The van der Waals surface area contributed by atoms with Crippen molar-refractivity contribution in [2.45, 2.75) is 25.7 Å². The van der Waals surface area contributed by atoms with Gasteiger partial charge in [0.15, 0.2) is 0 Å². The van der Waals surface area contributed by atoms with Crippen LogP contribution in [0.3, 0.4) is 0 Å². The minimum absolute atomic E-state index is 0.111. The zero-order valence-electron chi connectivity index (χ0n) is 10.7. The number of pyridine rings is 1. The summed E-state index contributed by atoms with van der Waals surface area (Å²) in [5.41, 5.74) is -0.221. The molecule has 0 unspecified atom stereocenters. The van der Waals surface area contributed by atoms with Crippen molar-refractivity contribution in [3.05, 3.63) is 53.9 Å². The fourth-order valence-corrected chi connectivity index (χ4v) is 1.58. The molecule has 4 nitrogen and oxygen atoms in total. The Bertz CT molecular complexity index is 540. The molecule has 7 heteroatoms. The van der Waals surface area contributed by atoms with E-state index in [9.17, 15) is 13.2 Å². The number of aromatic nitrogens is 3. The minimum Gasteiger partial charge on any atom is -0.302 e. The third-order valence-corrected chi connectivity index (χ3v) is 2.71. The zero-order chi connectivity index (χ0) is 14.6. The van der Waals surface area contributed by atoms with E-state index in [4.69, 9.17) is 0 Å². The van der Waals surface area contributed by atoms with Gasteiger partial charge in [-0.25, -0.2) is 9.97 Å². The molecule has 0 aliphatic heterocycles. The minimum atomic E-state index is -4.36. The van der Waals surface area contributed by atoms with Gasteiger partial charge >= 0.3 is 6.18 Å². The molecule has 0 bridgehead atoms. The van der Waals surface area contributed by atoms with Gasteiger partial charge in [0.2, 0.25) is 0 Å². The van der Waals surface area contributed by atoms with E-state index in [-0.39, 0.29) is 6.04 Å². The van der Waals surface area contributed by atoms with Gasteiger partial charge in [-0.3, -0.25) is 4.98 Å². The van der Waals surface area contributed by atoms with E-state index >= 15 is 0 Å². The maximum absolute atomic E-state index is 12.4. The third kappa shape index (κ3) is 3.74. The van der Waals surface area contributed by atoms with E-state index in [2.05, 4.69) is 20.3 Å². The number of alkyl halides is 3. The Kier molecular flexibility index (Phi) is 4.29. The van der Waals surface area contributed by atoms with Gasteiger partial charge in [-0.2, -0.15) is 13.2 Å². The average molecular weight is 282 g/mol. The maximum atomic E-state index is 12.4. The molecule has 0 aliphatic rings. The van der Waals surface area contributed by atoms with E-state index in [0.717, 1.165) is 12.3 Å². The zero-order valence-corrected chi connectivity index (χ0v) is 10.7. The first-order valence-corrected chi connectivity index (χ1v) is 5.99. The van der Waals surface area contributed by atoms with E-state index in [0.29, 0.717) is 18.1 Å². The lowest BCUT2D eigenvalue weighted by molar-refractivity contribution is -0.137. The molecule has 1 N–H and O–H groups in total. The summed E-state index contributed by atoms with van der Waals surface area (Å²) < 4.78 is 37.1. The average Bonchev–Trinajstić information content (AvgIpc) is 2.45. The summed E-state index contributed by atoms with van der Waals surface area (Å²) in [5, 5.41) is 3.10. The molecular formula is C13H13F3N4. The fourth-order valence-electron chi connectivity index (χ4n) is 1.58. The van der Waals surface area contributed by atoms with Crippen molar-refractivity contribution >= 4 is 0 Å². The molecule has 2 aromatic heterocycles. The summed E-state index contributed by atoms with van der Waals surface area (Å²) >= 11 is 0. The Labute approximate surface area is 114 Å². The van der Waals surface area contributed by atoms with Gasteiger partial charge in [0.05, 0.1) is 17.3 Å². The maximum Gasteiger partial charge on any atom is 0.417 e. The van der Waals surface area contributed by atoms with Crippen molar-refractivity contribution in [3.63, 3.8) is 0 Å². The first-order valence-electron chi connectivity index (χ1n) is 5.99. The molecule has 0 saturated heterocycles. The van der Waals surface area contributed by atoms with Crippen LogP contribution < -0.4 is 5.32 Å². The second kappa shape index (κ2) is 5.96. The summed E-state index contributed by atoms with van der Waals surface area (Å²) in [4.78, 5) is 12.0. The van der Waals surface area contributed by atoms with Gasteiger partial charge in [0.25, 0.3) is 0 Å². The Morgan fingerprint density at radius 1 is 1.15 bits per heavy atom. The van der Waals surface area contributed by atoms with Crippen molar-refractivity contribution in [3.8, 4) is 0 Å². The highest BCUT2D eigenvalue weighted by Crippen LogP contribution is 2.28. The summed E-state index contributed by atoms with van der Waals surface area (Å²) in [6.07, 6.45) is -0.251. The predicted octanol–water partition coefficient (Wildman–Crippen LogP) is 2.74. The number of nitrogens with one attached hydrogen (secondary N) is 1. The topological polar surface area (TPSA) is 50.7 Å². The number of nitrogens with zero attached hydrogens (tertiary/aromatic N) is 3. The Morgan fingerprint density at radius 2 is 1.85 bits per heavy atom. The van der Waals surface area contributed by atoms with Crippen LogP contribution in [0.15, 0.2) is 36.8 Å². The lowest BCUT2D eigenvalue weighted by Crippen LogP contribution is -2.20. The van der Waals surface area contributed by atoms with Crippen molar-refractivity contribution in [2.75, 3.05) is 0 Å².